The summed E-state index contributed by atoms with van der Waals surface area (Å²) < 4.78 is 2.79. The lowest BCUT2D eigenvalue weighted by molar-refractivity contribution is 0.102. The second kappa shape index (κ2) is 6.90. The summed E-state index contributed by atoms with van der Waals surface area (Å²) in [6.07, 6.45) is 3.34. The number of anilines is 1. The number of rotatable bonds is 4. The van der Waals surface area contributed by atoms with Gasteiger partial charge in [-0.25, -0.2) is 4.98 Å². The summed E-state index contributed by atoms with van der Waals surface area (Å²) in [5, 5.41) is 8.25. The van der Waals surface area contributed by atoms with Gasteiger partial charge in [0.2, 0.25) is 0 Å². The Labute approximate surface area is 159 Å². The van der Waals surface area contributed by atoms with E-state index in [9.17, 15) is 4.79 Å². The Kier molecular flexibility index (Phi) is 4.44. The largest absolute Gasteiger partial charge is 0.298 e. The van der Waals surface area contributed by atoms with E-state index in [2.05, 4.69) is 15.4 Å². The number of carbonyl (C=O) groups is 1. The monoisotopic (exact) mass is 382 g/mol. The first kappa shape index (κ1) is 16.8. The lowest BCUT2D eigenvalue weighted by Gasteiger charge is -2.05. The molecular weight excluding hydrogens is 368 g/mol. The Morgan fingerprint density at radius 2 is 2.12 bits per heavy atom. The van der Waals surface area contributed by atoms with Crippen molar-refractivity contribution in [2.24, 2.45) is 0 Å². The number of hydrogen-bond acceptors (Lipinski definition) is 4. The number of aromatic nitrogens is 3. The molecule has 5 nitrogen and oxygen atoms in total. The van der Waals surface area contributed by atoms with Crippen LogP contribution in [0.2, 0.25) is 5.02 Å². The van der Waals surface area contributed by atoms with Crippen molar-refractivity contribution in [3.63, 3.8) is 0 Å². The average Bonchev–Trinajstić information content (AvgIpc) is 3.22. The van der Waals surface area contributed by atoms with Gasteiger partial charge < -0.3 is 0 Å². The van der Waals surface area contributed by atoms with Gasteiger partial charge in [0.05, 0.1) is 28.0 Å². The molecule has 130 valence electrons. The number of hydrogen-bond donors (Lipinski definition) is 1. The third-order valence-corrected chi connectivity index (χ3v) is 5.11. The molecule has 0 atom stereocenters. The van der Waals surface area contributed by atoms with Crippen molar-refractivity contribution < 1.29 is 4.79 Å². The third kappa shape index (κ3) is 3.47. The highest BCUT2D eigenvalue weighted by Crippen LogP contribution is 2.28. The van der Waals surface area contributed by atoms with Gasteiger partial charge >= 0.3 is 0 Å². The van der Waals surface area contributed by atoms with Crippen molar-refractivity contribution in [2.75, 3.05) is 5.32 Å². The molecule has 1 N–H and O–H groups in total. The predicted molar refractivity (Wildman–Crippen MR) is 105 cm³/mol. The zero-order valence-electron chi connectivity index (χ0n) is 13.9. The first-order valence-corrected chi connectivity index (χ1v) is 9.22. The van der Waals surface area contributed by atoms with E-state index in [0.29, 0.717) is 22.3 Å². The van der Waals surface area contributed by atoms with Gasteiger partial charge in [0.1, 0.15) is 0 Å². The summed E-state index contributed by atoms with van der Waals surface area (Å²) in [7, 11) is 0. The second-order valence-corrected chi connectivity index (χ2v) is 7.42. The van der Waals surface area contributed by atoms with Crippen LogP contribution in [0, 0.1) is 6.92 Å². The van der Waals surface area contributed by atoms with Crippen molar-refractivity contribution in [3.05, 3.63) is 76.6 Å². The normalized spacial score (nSPS) is 11.0. The minimum Gasteiger partial charge on any atom is -0.298 e. The molecule has 0 spiro atoms. The molecule has 0 saturated heterocycles. The number of carbonyl (C=O) groups excluding carboxylic acids is 1. The van der Waals surface area contributed by atoms with E-state index in [1.165, 1.54) is 11.3 Å². The van der Waals surface area contributed by atoms with E-state index in [1.54, 1.807) is 23.1 Å². The lowest BCUT2D eigenvalue weighted by Crippen LogP contribution is -2.12. The van der Waals surface area contributed by atoms with E-state index >= 15 is 0 Å². The number of halogens is 1. The quantitative estimate of drug-likeness (QED) is 0.553. The van der Waals surface area contributed by atoms with Crippen molar-refractivity contribution in [3.8, 4) is 0 Å². The van der Waals surface area contributed by atoms with Crippen LogP contribution in [0.15, 0.2) is 54.9 Å². The van der Waals surface area contributed by atoms with Crippen LogP contribution in [-0.4, -0.2) is 20.7 Å². The highest BCUT2D eigenvalue weighted by molar-refractivity contribution is 7.22. The molecule has 0 fully saturated rings. The number of nitrogens with one attached hydrogen (secondary N) is 1. The summed E-state index contributed by atoms with van der Waals surface area (Å²) >= 11 is 7.36. The van der Waals surface area contributed by atoms with Crippen LogP contribution >= 0.6 is 22.9 Å². The van der Waals surface area contributed by atoms with Gasteiger partial charge in [-0.1, -0.05) is 47.2 Å². The van der Waals surface area contributed by atoms with Crippen LogP contribution in [0.25, 0.3) is 10.2 Å². The van der Waals surface area contributed by atoms with Crippen molar-refractivity contribution in [1.82, 2.24) is 14.8 Å². The van der Waals surface area contributed by atoms with Crippen molar-refractivity contribution >= 4 is 44.2 Å². The maximum absolute atomic E-state index is 12.6. The van der Waals surface area contributed by atoms with Crippen LogP contribution < -0.4 is 5.32 Å². The molecule has 4 rings (SSSR count). The molecule has 0 radical (unpaired) electrons. The van der Waals surface area contributed by atoms with Gasteiger partial charge in [0.25, 0.3) is 5.91 Å². The number of aryl methyl sites for hydroxylation is 1. The van der Waals surface area contributed by atoms with Gasteiger partial charge in [-0.3, -0.25) is 14.8 Å². The maximum Gasteiger partial charge on any atom is 0.257 e. The number of nitrogens with zero attached hydrogens (tertiary/aromatic N) is 3. The van der Waals surface area contributed by atoms with Crippen molar-refractivity contribution in [1.29, 1.82) is 0 Å². The minimum atomic E-state index is -0.179. The van der Waals surface area contributed by atoms with Gasteiger partial charge in [0, 0.05) is 11.8 Å². The Hall–Kier alpha value is -2.70. The molecule has 2 aromatic carbocycles. The maximum atomic E-state index is 12.6. The first-order chi connectivity index (χ1) is 12.6. The minimum absolute atomic E-state index is 0.179. The number of fused-ring (bicyclic) bond motifs is 1. The van der Waals surface area contributed by atoms with E-state index in [-0.39, 0.29) is 5.91 Å². The Bertz CT molecular complexity index is 1100. The van der Waals surface area contributed by atoms with Crippen molar-refractivity contribution in [2.45, 2.75) is 13.5 Å². The van der Waals surface area contributed by atoms with Crippen LogP contribution in [-0.2, 0) is 6.54 Å². The van der Waals surface area contributed by atoms with Gasteiger partial charge in [-0.05, 0) is 36.2 Å². The first-order valence-electron chi connectivity index (χ1n) is 8.03. The van der Waals surface area contributed by atoms with E-state index in [1.807, 2.05) is 43.3 Å². The predicted octanol–water partition coefficient (Wildman–Crippen LogP) is 4.76. The van der Waals surface area contributed by atoms with Gasteiger partial charge in [-0.15, -0.1) is 0 Å². The molecule has 26 heavy (non-hydrogen) atoms. The molecule has 1 amide bonds. The molecule has 2 heterocycles. The third-order valence-electron chi connectivity index (χ3n) is 3.98. The summed E-state index contributed by atoms with van der Waals surface area (Å²) in [6, 6.07) is 13.5. The van der Waals surface area contributed by atoms with Crippen LogP contribution in [0.3, 0.4) is 0 Å². The lowest BCUT2D eigenvalue weighted by atomic mass is 10.1. The van der Waals surface area contributed by atoms with E-state index in [4.69, 9.17) is 11.6 Å². The Balaban J connectivity index is 1.53. The fourth-order valence-corrected chi connectivity index (χ4v) is 3.83. The standard InChI is InChI=1S/C19H15ClN4OS/c1-12-4-2-7-16-17(12)22-19(26-16)23-18(25)14-6-3-5-13(8-14)10-24-11-15(20)9-21-24/h2-9,11H,10H2,1H3,(H,22,23,25). The number of benzene rings is 2. The zero-order chi connectivity index (χ0) is 18.1. The molecular formula is C19H15ClN4OS. The number of para-hydroxylation sites is 1. The van der Waals surface area contributed by atoms with Crippen LogP contribution in [0.4, 0.5) is 5.13 Å². The molecule has 0 aliphatic heterocycles. The molecule has 0 saturated carbocycles. The molecule has 2 aromatic heterocycles. The average molecular weight is 383 g/mol. The number of thiazole rings is 1. The highest BCUT2D eigenvalue weighted by Gasteiger charge is 2.11. The topological polar surface area (TPSA) is 59.8 Å². The summed E-state index contributed by atoms with van der Waals surface area (Å²) in [5.41, 5.74) is 3.57. The fourth-order valence-electron chi connectivity index (χ4n) is 2.73. The highest BCUT2D eigenvalue weighted by atomic mass is 35.5. The fraction of sp³-hybridized carbons (Fsp3) is 0.105. The Morgan fingerprint density at radius 3 is 2.88 bits per heavy atom. The summed E-state index contributed by atoms with van der Waals surface area (Å²) in [5.74, 6) is -0.179. The zero-order valence-corrected chi connectivity index (χ0v) is 15.5. The molecule has 0 aliphatic carbocycles. The summed E-state index contributed by atoms with van der Waals surface area (Å²) in [6.45, 7) is 2.56. The van der Waals surface area contributed by atoms with E-state index in [0.717, 1.165) is 21.3 Å². The molecule has 0 unspecified atom stereocenters. The molecule has 7 heteroatoms. The summed E-state index contributed by atoms with van der Waals surface area (Å²) in [4.78, 5) is 17.1. The Morgan fingerprint density at radius 1 is 1.27 bits per heavy atom. The SMILES string of the molecule is Cc1cccc2sc(NC(=O)c3cccc(Cn4cc(Cl)cn4)c3)nc12. The molecule has 4 aromatic rings. The second-order valence-electron chi connectivity index (χ2n) is 5.95. The van der Waals surface area contributed by atoms with Crippen LogP contribution in [0.1, 0.15) is 21.5 Å². The van der Waals surface area contributed by atoms with Gasteiger partial charge in [-0.2, -0.15) is 5.10 Å². The molecule has 0 aliphatic rings. The smallest absolute Gasteiger partial charge is 0.257 e. The number of amides is 1. The van der Waals surface area contributed by atoms with E-state index < -0.39 is 0 Å². The van der Waals surface area contributed by atoms with Crippen LogP contribution in [0.5, 0.6) is 0 Å². The van der Waals surface area contributed by atoms with Gasteiger partial charge in [0.15, 0.2) is 5.13 Å². The molecule has 0 bridgehead atoms.